The Bertz CT molecular complexity index is 703. The molecule has 0 unspecified atom stereocenters. The minimum atomic E-state index is -3.59. The molecule has 0 spiro atoms. The van der Waals surface area contributed by atoms with E-state index in [-0.39, 0.29) is 4.90 Å². The SMILES string of the molecule is C=CCc1c(I)ncn1S(=O)(=O)c1ccc(C)cc1. The summed E-state index contributed by atoms with van der Waals surface area (Å²) in [6.07, 6.45) is 3.47. The molecule has 0 bridgehead atoms. The fourth-order valence-corrected chi connectivity index (χ4v) is 3.78. The van der Waals surface area contributed by atoms with Crippen LogP contribution in [0.1, 0.15) is 11.3 Å². The van der Waals surface area contributed by atoms with Crippen LogP contribution in [0.15, 0.2) is 48.1 Å². The zero-order valence-electron chi connectivity index (χ0n) is 10.4. The van der Waals surface area contributed by atoms with Crippen LogP contribution in [-0.2, 0) is 16.4 Å². The van der Waals surface area contributed by atoms with Crippen molar-refractivity contribution in [2.24, 2.45) is 0 Å². The zero-order chi connectivity index (χ0) is 14.0. The molecule has 100 valence electrons. The summed E-state index contributed by atoms with van der Waals surface area (Å²) >= 11 is 2.03. The Morgan fingerprint density at radius 2 is 2.00 bits per heavy atom. The molecule has 6 heteroatoms. The predicted octanol–water partition coefficient (Wildman–Crippen LogP) is 2.76. The number of halogens is 1. The van der Waals surface area contributed by atoms with E-state index in [2.05, 4.69) is 11.6 Å². The first-order valence-corrected chi connectivity index (χ1v) is 8.13. The van der Waals surface area contributed by atoms with Crippen molar-refractivity contribution in [3.05, 3.63) is 58.2 Å². The van der Waals surface area contributed by atoms with Crippen LogP contribution in [0.3, 0.4) is 0 Å². The summed E-state index contributed by atoms with van der Waals surface area (Å²) in [5, 5.41) is 0. The highest BCUT2D eigenvalue weighted by molar-refractivity contribution is 14.1. The summed E-state index contributed by atoms with van der Waals surface area (Å²) in [5.74, 6) is 0. The number of aromatic nitrogens is 2. The molecule has 0 aliphatic heterocycles. The number of benzene rings is 1. The van der Waals surface area contributed by atoms with Crippen molar-refractivity contribution in [3.8, 4) is 0 Å². The van der Waals surface area contributed by atoms with Crippen molar-refractivity contribution in [1.82, 2.24) is 8.96 Å². The van der Waals surface area contributed by atoms with E-state index in [1.54, 1.807) is 30.3 Å². The molecular weight excluding hydrogens is 375 g/mol. The second-order valence-corrected chi connectivity index (χ2v) is 6.93. The molecule has 0 saturated carbocycles. The number of aryl methyl sites for hydroxylation is 1. The Morgan fingerprint density at radius 3 is 2.58 bits per heavy atom. The Balaban J connectivity index is 2.56. The third kappa shape index (κ3) is 2.74. The molecular formula is C13H13IN2O2S. The highest BCUT2D eigenvalue weighted by atomic mass is 127. The lowest BCUT2D eigenvalue weighted by Gasteiger charge is -2.09. The number of rotatable bonds is 4. The fourth-order valence-electron chi connectivity index (χ4n) is 1.68. The minimum Gasteiger partial charge on any atom is -0.229 e. The van der Waals surface area contributed by atoms with Crippen LogP contribution in [0.5, 0.6) is 0 Å². The van der Waals surface area contributed by atoms with E-state index >= 15 is 0 Å². The van der Waals surface area contributed by atoms with Crippen LogP contribution in [-0.4, -0.2) is 17.4 Å². The first kappa shape index (κ1) is 14.3. The standard InChI is InChI=1S/C13H13IN2O2S/c1-3-4-12-13(14)15-9-16(12)19(17,18)11-7-5-10(2)6-8-11/h3,5-9H,1,4H2,2H3. The molecule has 0 atom stereocenters. The summed E-state index contributed by atoms with van der Waals surface area (Å²) in [5.41, 5.74) is 1.65. The summed E-state index contributed by atoms with van der Waals surface area (Å²) in [6.45, 7) is 5.56. The van der Waals surface area contributed by atoms with Gasteiger partial charge >= 0.3 is 0 Å². The van der Waals surface area contributed by atoms with E-state index in [9.17, 15) is 8.42 Å². The molecule has 1 aromatic heterocycles. The second kappa shape index (κ2) is 5.46. The van der Waals surface area contributed by atoms with Crippen molar-refractivity contribution in [3.63, 3.8) is 0 Å². The van der Waals surface area contributed by atoms with Gasteiger partial charge in [-0.15, -0.1) is 6.58 Å². The van der Waals surface area contributed by atoms with Crippen molar-refractivity contribution >= 4 is 32.6 Å². The van der Waals surface area contributed by atoms with Crippen LogP contribution in [0, 0.1) is 10.6 Å². The van der Waals surface area contributed by atoms with Gasteiger partial charge in [0.2, 0.25) is 0 Å². The average molecular weight is 388 g/mol. The van der Waals surface area contributed by atoms with Gasteiger partial charge in [-0.05, 0) is 41.6 Å². The van der Waals surface area contributed by atoms with Crippen LogP contribution < -0.4 is 0 Å². The van der Waals surface area contributed by atoms with Gasteiger partial charge < -0.3 is 0 Å². The van der Waals surface area contributed by atoms with Gasteiger partial charge in [-0.2, -0.15) is 0 Å². The van der Waals surface area contributed by atoms with E-state index < -0.39 is 10.0 Å². The molecule has 0 fully saturated rings. The average Bonchev–Trinajstić information content (AvgIpc) is 2.73. The smallest absolute Gasteiger partial charge is 0.229 e. The minimum absolute atomic E-state index is 0.261. The number of allylic oxidation sites excluding steroid dienone is 1. The molecule has 0 saturated heterocycles. The second-order valence-electron chi connectivity index (χ2n) is 4.09. The monoisotopic (exact) mass is 388 g/mol. The van der Waals surface area contributed by atoms with Crippen molar-refractivity contribution < 1.29 is 8.42 Å². The normalized spacial score (nSPS) is 11.5. The summed E-state index contributed by atoms with van der Waals surface area (Å²) < 4.78 is 27.0. The Morgan fingerprint density at radius 1 is 1.37 bits per heavy atom. The lowest BCUT2D eigenvalue weighted by molar-refractivity contribution is 0.585. The number of hydrogen-bond donors (Lipinski definition) is 0. The van der Waals surface area contributed by atoms with Gasteiger partial charge in [0.05, 0.1) is 10.6 Å². The number of hydrogen-bond acceptors (Lipinski definition) is 3. The van der Waals surface area contributed by atoms with E-state index in [0.717, 1.165) is 5.56 Å². The van der Waals surface area contributed by atoms with Gasteiger partial charge in [0.25, 0.3) is 10.0 Å². The van der Waals surface area contributed by atoms with E-state index in [0.29, 0.717) is 15.8 Å². The molecule has 1 aromatic carbocycles. The molecule has 2 aromatic rings. The third-order valence-electron chi connectivity index (χ3n) is 2.70. The summed E-state index contributed by atoms with van der Waals surface area (Å²) in [6, 6.07) is 6.77. The van der Waals surface area contributed by atoms with Gasteiger partial charge in [-0.1, -0.05) is 23.8 Å². The first-order chi connectivity index (χ1) is 8.96. The Labute approximate surface area is 126 Å². The van der Waals surface area contributed by atoms with Crippen molar-refractivity contribution in [2.75, 3.05) is 0 Å². The maximum atomic E-state index is 12.5. The lowest BCUT2D eigenvalue weighted by atomic mass is 10.2. The largest absolute Gasteiger partial charge is 0.269 e. The first-order valence-electron chi connectivity index (χ1n) is 5.61. The van der Waals surface area contributed by atoms with E-state index in [1.807, 2.05) is 29.5 Å². The van der Waals surface area contributed by atoms with Gasteiger partial charge in [-0.25, -0.2) is 17.4 Å². The fraction of sp³-hybridized carbons (Fsp3) is 0.154. The summed E-state index contributed by atoms with van der Waals surface area (Å²) in [7, 11) is -3.59. The molecule has 0 N–H and O–H groups in total. The quantitative estimate of drug-likeness (QED) is 0.598. The van der Waals surface area contributed by atoms with Crippen LogP contribution in [0.25, 0.3) is 0 Å². The number of imidazole rings is 1. The third-order valence-corrected chi connectivity index (χ3v) is 5.30. The Kier molecular flexibility index (Phi) is 4.10. The van der Waals surface area contributed by atoms with E-state index in [4.69, 9.17) is 0 Å². The highest BCUT2D eigenvalue weighted by Crippen LogP contribution is 2.20. The molecule has 2 rings (SSSR count). The zero-order valence-corrected chi connectivity index (χ0v) is 13.3. The highest BCUT2D eigenvalue weighted by Gasteiger charge is 2.21. The summed E-state index contributed by atoms with van der Waals surface area (Å²) in [4.78, 5) is 4.33. The lowest BCUT2D eigenvalue weighted by Crippen LogP contribution is -2.15. The van der Waals surface area contributed by atoms with Gasteiger partial charge in [-0.3, -0.25) is 0 Å². The van der Waals surface area contributed by atoms with Gasteiger partial charge in [0.1, 0.15) is 10.0 Å². The van der Waals surface area contributed by atoms with Crippen LogP contribution in [0.4, 0.5) is 0 Å². The number of nitrogens with zero attached hydrogens (tertiary/aromatic N) is 2. The molecule has 19 heavy (non-hydrogen) atoms. The van der Waals surface area contributed by atoms with Gasteiger partial charge in [0.15, 0.2) is 0 Å². The molecule has 0 aliphatic carbocycles. The Hall–Kier alpha value is -1.15. The van der Waals surface area contributed by atoms with Crippen LogP contribution in [0.2, 0.25) is 0 Å². The molecule has 0 aliphatic rings. The van der Waals surface area contributed by atoms with Crippen LogP contribution >= 0.6 is 22.6 Å². The predicted molar refractivity (Wildman–Crippen MR) is 82.6 cm³/mol. The molecule has 1 heterocycles. The molecule has 0 amide bonds. The maximum Gasteiger partial charge on any atom is 0.269 e. The van der Waals surface area contributed by atoms with E-state index in [1.165, 1.54) is 10.3 Å². The molecule has 0 radical (unpaired) electrons. The maximum absolute atomic E-state index is 12.5. The topological polar surface area (TPSA) is 52.0 Å². The van der Waals surface area contributed by atoms with Gasteiger partial charge in [0, 0.05) is 6.42 Å². The molecule has 4 nitrogen and oxygen atoms in total. The van der Waals surface area contributed by atoms with Crippen molar-refractivity contribution in [2.45, 2.75) is 18.2 Å². The van der Waals surface area contributed by atoms with Crippen molar-refractivity contribution in [1.29, 1.82) is 0 Å².